The molecule has 4 nitrogen and oxygen atoms in total. The number of nitrogens with one attached hydrogen (secondary N) is 1. The van der Waals surface area contributed by atoms with Crippen LogP contribution in [0.2, 0.25) is 5.02 Å². The summed E-state index contributed by atoms with van der Waals surface area (Å²) in [4.78, 5) is 0. The van der Waals surface area contributed by atoms with E-state index in [1.54, 1.807) is 10.9 Å². The molecule has 2 rings (SSSR count). The third kappa shape index (κ3) is 2.41. The van der Waals surface area contributed by atoms with Crippen LogP contribution in [0.15, 0.2) is 24.4 Å². The van der Waals surface area contributed by atoms with E-state index < -0.39 is 0 Å². The first-order chi connectivity index (χ1) is 7.56. The summed E-state index contributed by atoms with van der Waals surface area (Å²) in [6.45, 7) is 0. The van der Waals surface area contributed by atoms with Gasteiger partial charge in [-0.1, -0.05) is 11.6 Å². The van der Waals surface area contributed by atoms with Gasteiger partial charge < -0.3 is 11.1 Å². The van der Waals surface area contributed by atoms with Crippen molar-refractivity contribution in [2.75, 3.05) is 11.1 Å². The van der Waals surface area contributed by atoms with Gasteiger partial charge in [-0.25, -0.2) is 0 Å². The van der Waals surface area contributed by atoms with Crippen LogP contribution in [0.5, 0.6) is 0 Å². The first-order valence-electron chi connectivity index (χ1n) is 4.57. The van der Waals surface area contributed by atoms with Gasteiger partial charge in [0.05, 0.1) is 16.4 Å². The molecule has 0 radical (unpaired) electrons. The van der Waals surface area contributed by atoms with Crippen molar-refractivity contribution in [3.05, 3.63) is 33.0 Å². The standard InChI is InChI=1S/C10H10ClIN4/c1-16-5-8(13)10(15-16)14-9-3-2-6(12)4-7(9)11/h2-5H,13H2,1H3,(H,14,15). The number of aryl methyl sites for hydroxylation is 1. The normalized spacial score (nSPS) is 10.4. The van der Waals surface area contributed by atoms with Crippen LogP contribution in [-0.4, -0.2) is 9.78 Å². The lowest BCUT2D eigenvalue weighted by Crippen LogP contribution is -1.96. The molecule has 1 aromatic carbocycles. The minimum atomic E-state index is 0.595. The molecule has 1 aromatic heterocycles. The summed E-state index contributed by atoms with van der Waals surface area (Å²) < 4.78 is 2.74. The Bertz CT molecular complexity index is 524. The van der Waals surface area contributed by atoms with Crippen molar-refractivity contribution in [2.24, 2.45) is 7.05 Å². The maximum Gasteiger partial charge on any atom is 0.175 e. The van der Waals surface area contributed by atoms with Crippen LogP contribution in [-0.2, 0) is 7.05 Å². The summed E-state index contributed by atoms with van der Waals surface area (Å²) in [5.41, 5.74) is 7.17. The van der Waals surface area contributed by atoms with E-state index in [2.05, 4.69) is 33.0 Å². The summed E-state index contributed by atoms with van der Waals surface area (Å²) in [5, 5.41) is 7.94. The highest BCUT2D eigenvalue weighted by Crippen LogP contribution is 2.28. The number of aromatic nitrogens is 2. The quantitative estimate of drug-likeness (QED) is 0.820. The largest absolute Gasteiger partial charge is 0.394 e. The van der Waals surface area contributed by atoms with E-state index >= 15 is 0 Å². The van der Waals surface area contributed by atoms with E-state index in [0.29, 0.717) is 16.5 Å². The highest BCUT2D eigenvalue weighted by Gasteiger charge is 2.07. The molecule has 0 saturated heterocycles. The van der Waals surface area contributed by atoms with Gasteiger partial charge in [0.1, 0.15) is 0 Å². The molecule has 0 fully saturated rings. The van der Waals surface area contributed by atoms with Gasteiger partial charge in [0, 0.05) is 16.8 Å². The van der Waals surface area contributed by atoms with Gasteiger partial charge in [0.15, 0.2) is 5.82 Å². The number of nitrogens with two attached hydrogens (primary N) is 1. The molecule has 0 amide bonds. The van der Waals surface area contributed by atoms with Crippen molar-refractivity contribution in [3.63, 3.8) is 0 Å². The van der Waals surface area contributed by atoms with Crippen molar-refractivity contribution >= 4 is 51.4 Å². The second-order valence-corrected chi connectivity index (χ2v) is 5.01. The van der Waals surface area contributed by atoms with Crippen molar-refractivity contribution in [3.8, 4) is 0 Å². The molecule has 2 aromatic rings. The van der Waals surface area contributed by atoms with E-state index in [9.17, 15) is 0 Å². The molecule has 0 aliphatic carbocycles. The Morgan fingerprint density at radius 2 is 2.25 bits per heavy atom. The third-order valence-electron chi connectivity index (χ3n) is 2.04. The second-order valence-electron chi connectivity index (χ2n) is 3.36. The number of benzene rings is 1. The lowest BCUT2D eigenvalue weighted by molar-refractivity contribution is 0.771. The van der Waals surface area contributed by atoms with Crippen LogP contribution in [0.3, 0.4) is 0 Å². The summed E-state index contributed by atoms with van der Waals surface area (Å²) >= 11 is 8.30. The lowest BCUT2D eigenvalue weighted by atomic mass is 10.3. The van der Waals surface area contributed by atoms with E-state index in [0.717, 1.165) is 9.26 Å². The van der Waals surface area contributed by atoms with Gasteiger partial charge in [0.25, 0.3) is 0 Å². The summed E-state index contributed by atoms with van der Waals surface area (Å²) in [6.07, 6.45) is 1.74. The number of rotatable bonds is 2. The van der Waals surface area contributed by atoms with E-state index in [-0.39, 0.29) is 0 Å². The zero-order chi connectivity index (χ0) is 11.7. The first kappa shape index (κ1) is 11.5. The number of anilines is 3. The zero-order valence-electron chi connectivity index (χ0n) is 8.54. The minimum Gasteiger partial charge on any atom is -0.394 e. The van der Waals surface area contributed by atoms with Crippen molar-refractivity contribution < 1.29 is 0 Å². The number of halogens is 2. The van der Waals surface area contributed by atoms with Crippen LogP contribution >= 0.6 is 34.2 Å². The molecular weight excluding hydrogens is 338 g/mol. The molecule has 0 aliphatic rings. The number of hydrogen-bond acceptors (Lipinski definition) is 3. The van der Waals surface area contributed by atoms with Gasteiger partial charge in [-0.3, -0.25) is 4.68 Å². The maximum atomic E-state index is 6.10. The van der Waals surface area contributed by atoms with E-state index in [1.165, 1.54) is 0 Å². The SMILES string of the molecule is Cn1cc(N)c(Nc2ccc(I)cc2Cl)n1. The Morgan fingerprint density at radius 1 is 1.50 bits per heavy atom. The molecule has 0 spiro atoms. The van der Waals surface area contributed by atoms with Gasteiger partial charge >= 0.3 is 0 Å². The number of hydrogen-bond donors (Lipinski definition) is 2. The summed E-state index contributed by atoms with van der Waals surface area (Å²) in [7, 11) is 1.82. The molecule has 0 bridgehead atoms. The Kier molecular flexibility index (Phi) is 3.25. The van der Waals surface area contributed by atoms with Gasteiger partial charge in [-0.2, -0.15) is 5.10 Å². The molecular formula is C10H10ClIN4. The smallest absolute Gasteiger partial charge is 0.175 e. The minimum absolute atomic E-state index is 0.595. The van der Waals surface area contributed by atoms with Crippen LogP contribution in [0.4, 0.5) is 17.2 Å². The highest BCUT2D eigenvalue weighted by atomic mass is 127. The molecule has 3 N–H and O–H groups in total. The van der Waals surface area contributed by atoms with Crippen LogP contribution < -0.4 is 11.1 Å². The molecule has 6 heteroatoms. The summed E-state index contributed by atoms with van der Waals surface area (Å²) in [5.74, 6) is 0.616. The predicted molar refractivity (Wildman–Crippen MR) is 75.1 cm³/mol. The molecule has 16 heavy (non-hydrogen) atoms. The Morgan fingerprint density at radius 3 is 2.81 bits per heavy atom. The van der Waals surface area contributed by atoms with Crippen LogP contribution in [0, 0.1) is 3.57 Å². The highest BCUT2D eigenvalue weighted by molar-refractivity contribution is 14.1. The Balaban J connectivity index is 2.30. The van der Waals surface area contributed by atoms with Crippen molar-refractivity contribution in [1.82, 2.24) is 9.78 Å². The van der Waals surface area contributed by atoms with Crippen molar-refractivity contribution in [2.45, 2.75) is 0 Å². The Hall–Kier alpha value is -0.950. The average molecular weight is 349 g/mol. The molecule has 84 valence electrons. The van der Waals surface area contributed by atoms with E-state index in [4.69, 9.17) is 17.3 Å². The molecule has 0 unspecified atom stereocenters. The average Bonchev–Trinajstić information content (AvgIpc) is 2.50. The molecule has 0 saturated carbocycles. The van der Waals surface area contributed by atoms with Gasteiger partial charge in [0.2, 0.25) is 0 Å². The fourth-order valence-electron chi connectivity index (χ4n) is 1.32. The Labute approximate surface area is 112 Å². The fraction of sp³-hybridized carbons (Fsp3) is 0.100. The molecule has 1 heterocycles. The molecule has 0 atom stereocenters. The second kappa shape index (κ2) is 4.50. The van der Waals surface area contributed by atoms with E-state index in [1.807, 2.05) is 25.2 Å². The van der Waals surface area contributed by atoms with Crippen molar-refractivity contribution in [1.29, 1.82) is 0 Å². The van der Waals surface area contributed by atoms with Crippen LogP contribution in [0.25, 0.3) is 0 Å². The topological polar surface area (TPSA) is 55.9 Å². The van der Waals surface area contributed by atoms with Crippen LogP contribution in [0.1, 0.15) is 0 Å². The zero-order valence-corrected chi connectivity index (χ0v) is 11.5. The van der Waals surface area contributed by atoms with Gasteiger partial charge in [-0.15, -0.1) is 0 Å². The fourth-order valence-corrected chi connectivity index (χ4v) is 2.23. The van der Waals surface area contributed by atoms with Gasteiger partial charge in [-0.05, 0) is 40.8 Å². The summed E-state index contributed by atoms with van der Waals surface area (Å²) in [6, 6.07) is 5.75. The first-order valence-corrected chi connectivity index (χ1v) is 6.03. The molecule has 0 aliphatic heterocycles. The number of nitrogen functional groups attached to an aromatic ring is 1. The third-order valence-corrected chi connectivity index (χ3v) is 3.02. The maximum absolute atomic E-state index is 6.10. The lowest BCUT2D eigenvalue weighted by Gasteiger charge is -2.06. The monoisotopic (exact) mass is 348 g/mol. The predicted octanol–water partition coefficient (Wildman–Crippen LogP) is 3.00. The number of nitrogens with zero attached hydrogens (tertiary/aromatic N) is 2.